The van der Waals surface area contributed by atoms with Crippen molar-refractivity contribution in [1.29, 1.82) is 0 Å². The van der Waals surface area contributed by atoms with Crippen LogP contribution in [0.5, 0.6) is 0 Å². The van der Waals surface area contributed by atoms with E-state index in [-0.39, 0.29) is 5.82 Å². The molecule has 5 nitrogen and oxygen atoms in total. The summed E-state index contributed by atoms with van der Waals surface area (Å²) < 4.78 is 13.2. The van der Waals surface area contributed by atoms with E-state index < -0.39 is 6.04 Å². The fourth-order valence-electron chi connectivity index (χ4n) is 1.59. The van der Waals surface area contributed by atoms with Gasteiger partial charge in [-0.15, -0.1) is 0 Å². The van der Waals surface area contributed by atoms with Crippen molar-refractivity contribution < 1.29 is 4.39 Å². The van der Waals surface area contributed by atoms with E-state index in [4.69, 9.17) is 11.6 Å². The summed E-state index contributed by atoms with van der Waals surface area (Å²) in [5, 5.41) is 0. The highest BCUT2D eigenvalue weighted by atomic mass is 19.1. The summed E-state index contributed by atoms with van der Waals surface area (Å²) in [5.41, 5.74) is 9.90. The number of nitrogen functional groups attached to an aromatic ring is 1. The minimum Gasteiger partial charge on any atom is -0.398 e. The predicted octanol–water partition coefficient (Wildman–Crippen LogP) is 0.751. The Morgan fingerprint density at radius 1 is 1.29 bits per heavy atom. The molecule has 0 aliphatic heterocycles. The highest BCUT2D eigenvalue weighted by molar-refractivity contribution is 5.50. The van der Waals surface area contributed by atoms with E-state index in [2.05, 4.69) is 15.4 Å². The SMILES string of the molecule is NNC(c1cnccn1)c1cc(F)ccc1N. The van der Waals surface area contributed by atoms with Crippen molar-refractivity contribution in [3.8, 4) is 0 Å². The first-order valence-corrected chi connectivity index (χ1v) is 4.99. The maximum absolute atomic E-state index is 13.2. The van der Waals surface area contributed by atoms with E-state index in [9.17, 15) is 4.39 Å². The van der Waals surface area contributed by atoms with Gasteiger partial charge in [0.15, 0.2) is 0 Å². The van der Waals surface area contributed by atoms with Gasteiger partial charge in [0.1, 0.15) is 5.82 Å². The van der Waals surface area contributed by atoms with Gasteiger partial charge in [0.2, 0.25) is 0 Å². The summed E-state index contributed by atoms with van der Waals surface area (Å²) in [6, 6.07) is 3.63. The predicted molar refractivity (Wildman–Crippen MR) is 62.0 cm³/mol. The lowest BCUT2D eigenvalue weighted by Gasteiger charge is -2.17. The molecule has 2 aromatic rings. The normalized spacial score (nSPS) is 12.4. The second-order valence-corrected chi connectivity index (χ2v) is 3.50. The molecule has 0 spiro atoms. The zero-order valence-corrected chi connectivity index (χ0v) is 8.97. The van der Waals surface area contributed by atoms with Gasteiger partial charge in [-0.3, -0.25) is 15.8 Å². The van der Waals surface area contributed by atoms with E-state index in [0.717, 1.165) is 0 Å². The molecule has 88 valence electrons. The number of hydrogen-bond donors (Lipinski definition) is 3. The van der Waals surface area contributed by atoms with Gasteiger partial charge in [0.05, 0.1) is 17.9 Å². The van der Waals surface area contributed by atoms with Crippen molar-refractivity contribution in [2.24, 2.45) is 5.84 Å². The molecule has 0 saturated heterocycles. The first-order valence-electron chi connectivity index (χ1n) is 4.99. The Morgan fingerprint density at radius 3 is 2.76 bits per heavy atom. The first-order chi connectivity index (χ1) is 8.22. The average Bonchev–Trinajstić information content (AvgIpc) is 2.36. The lowest BCUT2D eigenvalue weighted by Crippen LogP contribution is -2.30. The van der Waals surface area contributed by atoms with E-state index in [1.54, 1.807) is 12.4 Å². The van der Waals surface area contributed by atoms with Gasteiger partial charge >= 0.3 is 0 Å². The Kier molecular flexibility index (Phi) is 3.27. The molecule has 0 amide bonds. The molecule has 17 heavy (non-hydrogen) atoms. The van der Waals surface area contributed by atoms with E-state index in [1.807, 2.05) is 0 Å². The molecule has 0 bridgehead atoms. The molecular weight excluding hydrogens is 221 g/mol. The quantitative estimate of drug-likeness (QED) is 0.413. The van der Waals surface area contributed by atoms with Crippen LogP contribution in [0.15, 0.2) is 36.8 Å². The zero-order chi connectivity index (χ0) is 12.3. The third kappa shape index (κ3) is 2.38. The summed E-state index contributed by atoms with van der Waals surface area (Å²) >= 11 is 0. The summed E-state index contributed by atoms with van der Waals surface area (Å²) in [7, 11) is 0. The summed E-state index contributed by atoms with van der Waals surface area (Å²) in [5.74, 6) is 5.08. The van der Waals surface area contributed by atoms with Crippen LogP contribution < -0.4 is 17.0 Å². The third-order valence-electron chi connectivity index (χ3n) is 2.41. The summed E-state index contributed by atoms with van der Waals surface area (Å²) in [6.45, 7) is 0. The molecule has 6 heteroatoms. The number of rotatable bonds is 3. The monoisotopic (exact) mass is 233 g/mol. The molecule has 1 atom stereocenters. The Bertz CT molecular complexity index is 502. The van der Waals surface area contributed by atoms with Crippen LogP contribution in [0, 0.1) is 5.82 Å². The third-order valence-corrected chi connectivity index (χ3v) is 2.41. The summed E-state index contributed by atoms with van der Waals surface area (Å²) in [4.78, 5) is 8.05. The smallest absolute Gasteiger partial charge is 0.123 e. The fourth-order valence-corrected chi connectivity index (χ4v) is 1.59. The Hall–Kier alpha value is -2.05. The molecule has 1 unspecified atom stereocenters. The largest absolute Gasteiger partial charge is 0.398 e. The van der Waals surface area contributed by atoms with Gasteiger partial charge < -0.3 is 5.73 Å². The van der Waals surface area contributed by atoms with Crippen molar-refractivity contribution in [3.63, 3.8) is 0 Å². The van der Waals surface area contributed by atoms with E-state index in [0.29, 0.717) is 16.9 Å². The van der Waals surface area contributed by atoms with Crippen molar-refractivity contribution in [2.45, 2.75) is 6.04 Å². The van der Waals surface area contributed by atoms with Gasteiger partial charge in [-0.05, 0) is 18.2 Å². The fraction of sp³-hybridized carbons (Fsp3) is 0.0909. The number of aromatic nitrogens is 2. The summed E-state index contributed by atoms with van der Waals surface area (Å²) in [6.07, 6.45) is 4.63. The van der Waals surface area contributed by atoms with Crippen LogP contribution in [0.4, 0.5) is 10.1 Å². The number of nitrogens with one attached hydrogen (secondary N) is 1. The van der Waals surface area contributed by atoms with E-state index >= 15 is 0 Å². The van der Waals surface area contributed by atoms with Crippen LogP contribution in [0.3, 0.4) is 0 Å². The van der Waals surface area contributed by atoms with Crippen LogP contribution in [0.25, 0.3) is 0 Å². The molecule has 0 fully saturated rings. The number of nitrogens with two attached hydrogens (primary N) is 2. The number of nitrogens with zero attached hydrogens (tertiary/aromatic N) is 2. The van der Waals surface area contributed by atoms with Gasteiger partial charge in [0.25, 0.3) is 0 Å². The van der Waals surface area contributed by atoms with Crippen LogP contribution in [0.1, 0.15) is 17.3 Å². The van der Waals surface area contributed by atoms with Crippen molar-refractivity contribution in [2.75, 3.05) is 5.73 Å². The first kappa shape index (κ1) is 11.4. The minimum atomic E-state index is -0.487. The highest BCUT2D eigenvalue weighted by Gasteiger charge is 2.17. The average molecular weight is 233 g/mol. The Morgan fingerprint density at radius 2 is 2.12 bits per heavy atom. The van der Waals surface area contributed by atoms with Crippen molar-refractivity contribution >= 4 is 5.69 Å². The zero-order valence-electron chi connectivity index (χ0n) is 8.97. The van der Waals surface area contributed by atoms with Crippen LogP contribution in [-0.4, -0.2) is 9.97 Å². The Balaban J connectivity index is 2.46. The number of anilines is 1. The van der Waals surface area contributed by atoms with Crippen LogP contribution >= 0.6 is 0 Å². The number of hydrazine groups is 1. The lowest BCUT2D eigenvalue weighted by molar-refractivity contribution is 0.597. The molecule has 0 aliphatic carbocycles. The topological polar surface area (TPSA) is 89.8 Å². The molecule has 1 aromatic heterocycles. The second-order valence-electron chi connectivity index (χ2n) is 3.50. The molecule has 0 saturated carbocycles. The van der Waals surface area contributed by atoms with Gasteiger partial charge in [-0.25, -0.2) is 9.82 Å². The molecule has 5 N–H and O–H groups in total. The van der Waals surface area contributed by atoms with Gasteiger partial charge in [-0.2, -0.15) is 0 Å². The molecule has 0 aliphatic rings. The van der Waals surface area contributed by atoms with Gasteiger partial charge in [-0.1, -0.05) is 0 Å². The molecule has 0 radical (unpaired) electrons. The van der Waals surface area contributed by atoms with Gasteiger partial charge in [0, 0.05) is 23.6 Å². The number of benzene rings is 1. The maximum Gasteiger partial charge on any atom is 0.123 e. The second kappa shape index (κ2) is 4.86. The van der Waals surface area contributed by atoms with Crippen molar-refractivity contribution in [3.05, 3.63) is 53.9 Å². The highest BCUT2D eigenvalue weighted by Crippen LogP contribution is 2.25. The van der Waals surface area contributed by atoms with Crippen molar-refractivity contribution in [1.82, 2.24) is 15.4 Å². The molecule has 1 heterocycles. The maximum atomic E-state index is 13.2. The minimum absolute atomic E-state index is 0.377. The lowest BCUT2D eigenvalue weighted by atomic mass is 10.0. The molecular formula is C11H12FN5. The van der Waals surface area contributed by atoms with Crippen LogP contribution in [0.2, 0.25) is 0 Å². The molecule has 2 rings (SSSR count). The van der Waals surface area contributed by atoms with E-state index in [1.165, 1.54) is 24.4 Å². The number of hydrogen-bond acceptors (Lipinski definition) is 5. The Labute approximate surface area is 97.7 Å². The standard InChI is InChI=1S/C11H12FN5/c12-7-1-2-9(13)8(5-7)11(17-14)10-6-15-3-4-16-10/h1-6,11,17H,13-14H2. The van der Waals surface area contributed by atoms with Crippen LogP contribution in [-0.2, 0) is 0 Å². The molecule has 1 aromatic carbocycles. The number of halogens is 1.